The van der Waals surface area contributed by atoms with Crippen molar-refractivity contribution in [2.75, 3.05) is 41.8 Å². The molecule has 0 atom stereocenters. The van der Waals surface area contributed by atoms with Crippen molar-refractivity contribution in [1.82, 2.24) is 0 Å². The van der Waals surface area contributed by atoms with Gasteiger partial charge in [-0.1, -0.05) is 0 Å². The van der Waals surface area contributed by atoms with Gasteiger partial charge in [0, 0.05) is 55.0 Å². The molecule has 2 aromatic rings. The van der Waals surface area contributed by atoms with Crippen molar-refractivity contribution < 1.29 is 9.53 Å². The van der Waals surface area contributed by atoms with Crippen molar-refractivity contribution in [3.8, 4) is 0 Å². The number of hydrogen-bond acceptors (Lipinski definition) is 4. The average Bonchev–Trinajstić information content (AvgIpc) is 2.73. The van der Waals surface area contributed by atoms with E-state index >= 15 is 0 Å². The van der Waals surface area contributed by atoms with Crippen LogP contribution < -0.4 is 15.5 Å². The molecular weight excluding hydrogens is 350 g/mol. The smallest absolute Gasteiger partial charge is 0.227 e. The topological polar surface area (TPSA) is 53.6 Å². The molecule has 0 aromatic heterocycles. The normalized spacial score (nSPS) is 14.5. The molecule has 0 unspecified atom stereocenters. The molecular formula is C23H31N3O2. The van der Waals surface area contributed by atoms with Crippen LogP contribution in [-0.4, -0.2) is 32.2 Å². The highest BCUT2D eigenvalue weighted by atomic mass is 16.5. The summed E-state index contributed by atoms with van der Waals surface area (Å²) in [6.07, 6.45) is 1.60. The lowest BCUT2D eigenvalue weighted by molar-refractivity contribution is -0.122. The second kappa shape index (κ2) is 9.60. The summed E-state index contributed by atoms with van der Waals surface area (Å²) in [5.74, 6) is 0.144. The van der Waals surface area contributed by atoms with Crippen molar-refractivity contribution in [1.29, 1.82) is 0 Å². The van der Waals surface area contributed by atoms with E-state index in [1.165, 1.54) is 11.3 Å². The average molecular weight is 382 g/mol. The first-order valence-corrected chi connectivity index (χ1v) is 10.2. The van der Waals surface area contributed by atoms with Crippen LogP contribution in [0.4, 0.5) is 22.7 Å². The fourth-order valence-corrected chi connectivity index (χ4v) is 3.57. The van der Waals surface area contributed by atoms with Crippen LogP contribution in [0.1, 0.15) is 32.3 Å². The molecule has 1 aliphatic heterocycles. The van der Waals surface area contributed by atoms with Crippen LogP contribution >= 0.6 is 0 Å². The molecule has 0 saturated carbocycles. The Balaban J connectivity index is 1.61. The number of aryl methyl sites for hydroxylation is 1. The molecule has 5 nitrogen and oxygen atoms in total. The second-order valence-electron chi connectivity index (χ2n) is 7.25. The van der Waals surface area contributed by atoms with E-state index in [9.17, 15) is 4.79 Å². The van der Waals surface area contributed by atoms with Crippen LogP contribution in [0, 0.1) is 12.8 Å². The maximum atomic E-state index is 12.3. The van der Waals surface area contributed by atoms with Crippen LogP contribution in [0.3, 0.4) is 0 Å². The molecule has 1 fully saturated rings. The monoisotopic (exact) mass is 381 g/mol. The van der Waals surface area contributed by atoms with Crippen molar-refractivity contribution in [2.45, 2.75) is 33.6 Å². The van der Waals surface area contributed by atoms with Crippen LogP contribution in [0.15, 0.2) is 42.5 Å². The number of carbonyl (C=O) groups is 1. The number of amides is 1. The summed E-state index contributed by atoms with van der Waals surface area (Å²) < 4.78 is 5.32. The molecule has 2 aromatic carbocycles. The van der Waals surface area contributed by atoms with Crippen LogP contribution in [0.5, 0.6) is 0 Å². The summed E-state index contributed by atoms with van der Waals surface area (Å²) in [6, 6.07) is 14.4. The quantitative estimate of drug-likeness (QED) is 0.712. The molecule has 3 rings (SSSR count). The first-order chi connectivity index (χ1) is 13.6. The number of anilines is 4. The predicted octanol–water partition coefficient (Wildman–Crippen LogP) is 4.95. The van der Waals surface area contributed by atoms with E-state index in [1.807, 2.05) is 24.3 Å². The summed E-state index contributed by atoms with van der Waals surface area (Å²) in [5, 5.41) is 6.49. The maximum absolute atomic E-state index is 12.3. The van der Waals surface area contributed by atoms with Crippen LogP contribution in [-0.2, 0) is 9.53 Å². The third kappa shape index (κ3) is 5.04. The van der Waals surface area contributed by atoms with Crippen molar-refractivity contribution in [3.63, 3.8) is 0 Å². The van der Waals surface area contributed by atoms with Gasteiger partial charge in [-0.05, 0) is 81.6 Å². The Kier molecular flexibility index (Phi) is 6.93. The first-order valence-electron chi connectivity index (χ1n) is 10.2. The van der Waals surface area contributed by atoms with E-state index in [0.717, 1.165) is 43.0 Å². The van der Waals surface area contributed by atoms with E-state index in [-0.39, 0.29) is 11.8 Å². The predicted molar refractivity (Wildman–Crippen MR) is 117 cm³/mol. The molecule has 150 valence electrons. The maximum Gasteiger partial charge on any atom is 0.227 e. The van der Waals surface area contributed by atoms with E-state index in [4.69, 9.17) is 4.74 Å². The lowest BCUT2D eigenvalue weighted by atomic mass is 9.99. The molecule has 5 heteroatoms. The fourth-order valence-electron chi connectivity index (χ4n) is 3.57. The van der Waals surface area contributed by atoms with E-state index in [1.54, 1.807) is 0 Å². The summed E-state index contributed by atoms with van der Waals surface area (Å²) in [5.41, 5.74) is 5.38. The molecule has 1 amide bonds. The Hall–Kier alpha value is -2.53. The van der Waals surface area contributed by atoms with E-state index in [0.29, 0.717) is 13.2 Å². The van der Waals surface area contributed by atoms with E-state index < -0.39 is 0 Å². The third-order valence-electron chi connectivity index (χ3n) is 5.36. The van der Waals surface area contributed by atoms with Crippen LogP contribution in [0.25, 0.3) is 0 Å². The van der Waals surface area contributed by atoms with Gasteiger partial charge in [-0.3, -0.25) is 4.79 Å². The minimum atomic E-state index is 0.0542. The minimum Gasteiger partial charge on any atom is -0.381 e. The summed E-state index contributed by atoms with van der Waals surface area (Å²) in [4.78, 5) is 14.7. The molecule has 28 heavy (non-hydrogen) atoms. The van der Waals surface area contributed by atoms with Gasteiger partial charge < -0.3 is 20.3 Å². The molecule has 1 heterocycles. The fraction of sp³-hybridized carbons (Fsp3) is 0.435. The van der Waals surface area contributed by atoms with Gasteiger partial charge in [0.25, 0.3) is 0 Å². The Labute approximate surface area is 168 Å². The van der Waals surface area contributed by atoms with Gasteiger partial charge in [0.2, 0.25) is 5.91 Å². The first kappa shape index (κ1) is 20.2. The van der Waals surface area contributed by atoms with Gasteiger partial charge in [0.05, 0.1) is 0 Å². The van der Waals surface area contributed by atoms with Crippen LogP contribution in [0.2, 0.25) is 0 Å². The molecule has 0 bridgehead atoms. The number of benzene rings is 2. The Bertz CT molecular complexity index is 779. The van der Waals surface area contributed by atoms with Gasteiger partial charge in [-0.25, -0.2) is 0 Å². The van der Waals surface area contributed by atoms with Gasteiger partial charge >= 0.3 is 0 Å². The SMILES string of the molecule is CCN(CC)c1ccc(Nc2ccc(NC(=O)C3CCOCC3)cc2)c(C)c1. The molecule has 0 spiro atoms. The number of nitrogens with one attached hydrogen (secondary N) is 2. The zero-order valence-corrected chi connectivity index (χ0v) is 17.1. The summed E-state index contributed by atoms with van der Waals surface area (Å²) >= 11 is 0. The van der Waals surface area contributed by atoms with Gasteiger partial charge in [-0.2, -0.15) is 0 Å². The highest BCUT2D eigenvalue weighted by molar-refractivity contribution is 5.92. The lowest BCUT2D eigenvalue weighted by Gasteiger charge is -2.22. The number of hydrogen-bond donors (Lipinski definition) is 2. The third-order valence-corrected chi connectivity index (χ3v) is 5.36. The molecule has 2 N–H and O–H groups in total. The Morgan fingerprint density at radius 3 is 2.29 bits per heavy atom. The molecule has 0 aliphatic carbocycles. The zero-order valence-electron chi connectivity index (χ0n) is 17.1. The van der Waals surface area contributed by atoms with Gasteiger partial charge in [-0.15, -0.1) is 0 Å². The zero-order chi connectivity index (χ0) is 19.9. The van der Waals surface area contributed by atoms with Gasteiger partial charge in [0.1, 0.15) is 0 Å². The van der Waals surface area contributed by atoms with E-state index in [2.05, 4.69) is 54.5 Å². The number of rotatable bonds is 7. The molecule has 0 radical (unpaired) electrons. The van der Waals surface area contributed by atoms with Crippen molar-refractivity contribution in [3.05, 3.63) is 48.0 Å². The van der Waals surface area contributed by atoms with Gasteiger partial charge in [0.15, 0.2) is 0 Å². The second-order valence-corrected chi connectivity index (χ2v) is 7.25. The standard InChI is InChI=1S/C23H31N3O2/c1-4-26(5-2)21-10-11-22(17(3)16-21)24-19-6-8-20(9-7-19)25-23(27)18-12-14-28-15-13-18/h6-11,16,18,24H,4-5,12-15H2,1-3H3,(H,25,27). The summed E-state index contributed by atoms with van der Waals surface area (Å²) in [7, 11) is 0. The highest BCUT2D eigenvalue weighted by Crippen LogP contribution is 2.26. The largest absolute Gasteiger partial charge is 0.381 e. The number of ether oxygens (including phenoxy) is 1. The Morgan fingerprint density at radius 1 is 1.04 bits per heavy atom. The summed E-state index contributed by atoms with van der Waals surface area (Å²) in [6.45, 7) is 9.83. The van der Waals surface area contributed by atoms with Crippen molar-refractivity contribution >= 4 is 28.7 Å². The number of nitrogens with zero attached hydrogens (tertiary/aromatic N) is 1. The highest BCUT2D eigenvalue weighted by Gasteiger charge is 2.21. The molecule has 1 aliphatic rings. The Morgan fingerprint density at radius 2 is 1.68 bits per heavy atom. The van der Waals surface area contributed by atoms with Crippen molar-refractivity contribution in [2.24, 2.45) is 5.92 Å². The lowest BCUT2D eigenvalue weighted by Crippen LogP contribution is -2.28. The minimum absolute atomic E-state index is 0.0542. The molecule has 1 saturated heterocycles. The number of carbonyl (C=O) groups excluding carboxylic acids is 1.